The summed E-state index contributed by atoms with van der Waals surface area (Å²) in [6.45, 7) is 0. The third kappa shape index (κ3) is 3.81. The molecule has 3 nitrogen and oxygen atoms in total. The Labute approximate surface area is 113 Å². The molecule has 0 spiro atoms. The molecule has 1 fully saturated rings. The fraction of sp³-hybridized carbons (Fsp3) is 0.429. The van der Waals surface area contributed by atoms with Crippen LogP contribution in [-0.4, -0.2) is 11.3 Å². The van der Waals surface area contributed by atoms with Crippen LogP contribution in [0.15, 0.2) is 29.4 Å². The Bertz CT molecular complexity index is 419. The highest BCUT2D eigenvalue weighted by molar-refractivity contribution is 7.80. The van der Waals surface area contributed by atoms with E-state index in [1.807, 2.05) is 0 Å². The molecule has 0 radical (unpaired) electrons. The van der Waals surface area contributed by atoms with Crippen LogP contribution in [0.2, 0.25) is 0 Å². The molecule has 0 atom stereocenters. The lowest BCUT2D eigenvalue weighted by molar-refractivity contribution is 0.443. The van der Waals surface area contributed by atoms with Crippen molar-refractivity contribution in [3.05, 3.63) is 35.4 Å². The number of thiocarbonyl (C=S) groups is 1. The number of nitrogens with zero attached hydrogens (tertiary/aromatic N) is 1. The molecule has 0 heterocycles. The monoisotopic (exact) mass is 261 g/mol. The lowest BCUT2D eigenvalue weighted by Gasteiger charge is -2.21. The van der Waals surface area contributed by atoms with Gasteiger partial charge in [-0.1, -0.05) is 43.5 Å². The maximum atomic E-state index is 5.28. The third-order valence-electron chi connectivity index (χ3n) is 3.40. The van der Waals surface area contributed by atoms with E-state index in [1.165, 1.54) is 37.7 Å². The fourth-order valence-corrected chi connectivity index (χ4v) is 2.51. The summed E-state index contributed by atoms with van der Waals surface area (Å²) in [5.74, 6) is 0.750. The van der Waals surface area contributed by atoms with E-state index in [-0.39, 0.29) is 5.11 Å². The number of hydrogen-bond donors (Lipinski definition) is 2. The van der Waals surface area contributed by atoms with E-state index < -0.39 is 0 Å². The van der Waals surface area contributed by atoms with Gasteiger partial charge in [0, 0.05) is 0 Å². The van der Waals surface area contributed by atoms with Gasteiger partial charge in [-0.3, -0.25) is 5.43 Å². The van der Waals surface area contributed by atoms with Gasteiger partial charge in [0.15, 0.2) is 5.11 Å². The maximum absolute atomic E-state index is 5.28. The molecule has 3 N–H and O–H groups in total. The van der Waals surface area contributed by atoms with Crippen molar-refractivity contribution in [3.8, 4) is 0 Å². The molecule has 0 amide bonds. The summed E-state index contributed by atoms with van der Waals surface area (Å²) >= 11 is 4.67. The molecule has 96 valence electrons. The van der Waals surface area contributed by atoms with Gasteiger partial charge in [-0.05, 0) is 42.1 Å². The molecule has 0 unspecified atom stereocenters. The second-order valence-electron chi connectivity index (χ2n) is 4.74. The Morgan fingerprint density at radius 1 is 1.22 bits per heavy atom. The van der Waals surface area contributed by atoms with Crippen molar-refractivity contribution in [1.82, 2.24) is 5.43 Å². The van der Waals surface area contributed by atoms with Crippen LogP contribution in [-0.2, 0) is 0 Å². The number of hydrazone groups is 1. The first-order valence-electron chi connectivity index (χ1n) is 6.44. The average Bonchev–Trinajstić information content (AvgIpc) is 2.40. The molecule has 2 rings (SSSR count). The van der Waals surface area contributed by atoms with Crippen LogP contribution in [0, 0.1) is 0 Å². The molecule has 4 heteroatoms. The summed E-state index contributed by atoms with van der Waals surface area (Å²) < 4.78 is 0. The Morgan fingerprint density at radius 3 is 2.50 bits per heavy atom. The van der Waals surface area contributed by atoms with Crippen molar-refractivity contribution in [1.29, 1.82) is 0 Å². The fourth-order valence-electron chi connectivity index (χ4n) is 2.46. The summed E-state index contributed by atoms with van der Waals surface area (Å²) in [6, 6.07) is 8.60. The van der Waals surface area contributed by atoms with Crippen LogP contribution in [0.3, 0.4) is 0 Å². The largest absolute Gasteiger partial charge is 0.375 e. The second kappa shape index (κ2) is 6.50. The molecule has 1 aromatic rings. The van der Waals surface area contributed by atoms with Crippen LogP contribution in [0.4, 0.5) is 0 Å². The highest BCUT2D eigenvalue weighted by atomic mass is 32.1. The second-order valence-corrected chi connectivity index (χ2v) is 5.18. The topological polar surface area (TPSA) is 50.4 Å². The van der Waals surface area contributed by atoms with E-state index in [0.29, 0.717) is 0 Å². The highest BCUT2D eigenvalue weighted by Gasteiger charge is 2.14. The van der Waals surface area contributed by atoms with Gasteiger partial charge >= 0.3 is 0 Å². The molecule has 0 aromatic heterocycles. The van der Waals surface area contributed by atoms with Crippen LogP contribution in [0.25, 0.3) is 0 Å². The van der Waals surface area contributed by atoms with Crippen LogP contribution >= 0.6 is 12.2 Å². The lowest BCUT2D eigenvalue weighted by atomic mass is 9.84. The quantitative estimate of drug-likeness (QED) is 0.500. The lowest BCUT2D eigenvalue weighted by Crippen LogP contribution is -2.23. The summed E-state index contributed by atoms with van der Waals surface area (Å²) in [6.07, 6.45) is 8.51. The molecule has 1 saturated carbocycles. The molecular weight excluding hydrogens is 242 g/mol. The number of hydrogen-bond acceptors (Lipinski definition) is 2. The van der Waals surface area contributed by atoms with Gasteiger partial charge in [0.2, 0.25) is 0 Å². The average molecular weight is 261 g/mol. The molecular formula is C14H19N3S. The van der Waals surface area contributed by atoms with Gasteiger partial charge in [-0.2, -0.15) is 5.10 Å². The smallest absolute Gasteiger partial charge is 0.184 e. The maximum Gasteiger partial charge on any atom is 0.184 e. The zero-order valence-corrected chi connectivity index (χ0v) is 11.2. The van der Waals surface area contributed by atoms with E-state index in [1.54, 1.807) is 6.21 Å². The first kappa shape index (κ1) is 13.0. The van der Waals surface area contributed by atoms with Gasteiger partial charge in [-0.15, -0.1) is 0 Å². The van der Waals surface area contributed by atoms with Crippen LogP contribution in [0.1, 0.15) is 49.1 Å². The van der Waals surface area contributed by atoms with Gasteiger partial charge in [0.1, 0.15) is 0 Å². The Hall–Kier alpha value is -1.42. The van der Waals surface area contributed by atoms with E-state index in [4.69, 9.17) is 5.73 Å². The Kier molecular flexibility index (Phi) is 4.70. The summed E-state index contributed by atoms with van der Waals surface area (Å²) in [4.78, 5) is 0. The van der Waals surface area contributed by atoms with Gasteiger partial charge in [0.25, 0.3) is 0 Å². The summed E-state index contributed by atoms with van der Waals surface area (Å²) in [5, 5.41) is 4.13. The van der Waals surface area contributed by atoms with Gasteiger partial charge in [0.05, 0.1) is 6.21 Å². The van der Waals surface area contributed by atoms with E-state index in [2.05, 4.69) is 47.0 Å². The van der Waals surface area contributed by atoms with Crippen molar-refractivity contribution in [3.63, 3.8) is 0 Å². The van der Waals surface area contributed by atoms with Gasteiger partial charge in [-0.25, -0.2) is 0 Å². The minimum Gasteiger partial charge on any atom is -0.375 e. The summed E-state index contributed by atoms with van der Waals surface area (Å²) in [5.41, 5.74) is 10.3. The molecule has 18 heavy (non-hydrogen) atoms. The van der Waals surface area contributed by atoms with Crippen molar-refractivity contribution in [2.45, 2.75) is 38.0 Å². The van der Waals surface area contributed by atoms with Crippen molar-refractivity contribution in [2.75, 3.05) is 0 Å². The van der Waals surface area contributed by atoms with Crippen LogP contribution < -0.4 is 11.2 Å². The molecule has 0 bridgehead atoms. The SMILES string of the molecule is NC(=S)N/N=C/c1ccc(C2CCCCC2)cc1. The Balaban J connectivity index is 1.96. The van der Waals surface area contributed by atoms with Crippen molar-refractivity contribution in [2.24, 2.45) is 10.8 Å². The van der Waals surface area contributed by atoms with E-state index >= 15 is 0 Å². The van der Waals surface area contributed by atoms with Gasteiger partial charge < -0.3 is 5.73 Å². The third-order valence-corrected chi connectivity index (χ3v) is 3.49. The van der Waals surface area contributed by atoms with Crippen LogP contribution in [0.5, 0.6) is 0 Å². The van der Waals surface area contributed by atoms with E-state index in [0.717, 1.165) is 11.5 Å². The molecule has 0 aliphatic heterocycles. The minimum absolute atomic E-state index is 0.185. The van der Waals surface area contributed by atoms with Crippen molar-refractivity contribution < 1.29 is 0 Å². The number of nitrogens with one attached hydrogen (secondary N) is 1. The highest BCUT2D eigenvalue weighted by Crippen LogP contribution is 2.32. The normalized spacial score (nSPS) is 16.9. The first-order chi connectivity index (χ1) is 8.75. The predicted octanol–water partition coefficient (Wildman–Crippen LogP) is 2.90. The number of benzene rings is 1. The zero-order chi connectivity index (χ0) is 12.8. The molecule has 1 aromatic carbocycles. The van der Waals surface area contributed by atoms with E-state index in [9.17, 15) is 0 Å². The molecule has 1 aliphatic carbocycles. The number of nitrogens with two attached hydrogens (primary N) is 1. The summed E-state index contributed by atoms with van der Waals surface area (Å²) in [7, 11) is 0. The standard InChI is InChI=1S/C14H19N3S/c15-14(18)17-16-10-11-6-8-13(9-7-11)12-4-2-1-3-5-12/h6-10,12H,1-5H2,(H3,15,17,18)/b16-10+. The minimum atomic E-state index is 0.185. The zero-order valence-electron chi connectivity index (χ0n) is 10.4. The molecule has 0 saturated heterocycles. The number of rotatable bonds is 3. The Morgan fingerprint density at radius 2 is 1.89 bits per heavy atom. The van der Waals surface area contributed by atoms with Crippen molar-refractivity contribution >= 4 is 23.5 Å². The molecule has 1 aliphatic rings. The predicted molar refractivity (Wildman–Crippen MR) is 79.8 cm³/mol. The first-order valence-corrected chi connectivity index (χ1v) is 6.85.